The topological polar surface area (TPSA) is 213 Å². The number of Topliss-reactive ketones (excluding diaryl/α,β-unsaturated/α-hetero) is 2. The predicted octanol–water partition coefficient (Wildman–Crippen LogP) is -2.05. The number of aliphatic carboxylic acids is 2. The lowest BCUT2D eigenvalue weighted by Crippen LogP contribution is -2.65. The van der Waals surface area contributed by atoms with Crippen molar-refractivity contribution in [3.8, 4) is 0 Å². The number of carboxylic acid groups (broad SMARTS) is 2. The largest absolute Gasteiger partial charge is 0.480 e. The maximum atomic E-state index is 12.3. The Bertz CT molecular complexity index is 454. The summed E-state index contributed by atoms with van der Waals surface area (Å²) in [7, 11) is 0. The van der Waals surface area contributed by atoms with Crippen LogP contribution >= 0.6 is 0 Å². The zero-order chi connectivity index (χ0) is 19.0. The Morgan fingerprint density at radius 1 is 0.667 bits per heavy atom. The zero-order valence-corrected chi connectivity index (χ0v) is 13.5. The second kappa shape index (κ2) is 9.42. The van der Waals surface area contributed by atoms with E-state index in [0.29, 0.717) is 12.8 Å². The molecule has 0 amide bonds. The molecule has 10 N–H and O–H groups in total. The third-order valence-electron chi connectivity index (χ3n) is 3.83. The van der Waals surface area contributed by atoms with Crippen LogP contribution < -0.4 is 22.9 Å². The fourth-order valence-corrected chi connectivity index (χ4v) is 2.14. The SMILES string of the molecule is NCCCCC(N)(C(=O)O)C(=O)C(=O)C(N)(CCCCN)C(=O)O. The van der Waals surface area contributed by atoms with Gasteiger partial charge in [-0.25, -0.2) is 9.59 Å². The van der Waals surface area contributed by atoms with Gasteiger partial charge in [-0.05, 0) is 51.6 Å². The lowest BCUT2D eigenvalue weighted by atomic mass is 9.78. The van der Waals surface area contributed by atoms with E-state index in [9.17, 15) is 29.4 Å². The average molecular weight is 346 g/mol. The number of ketones is 2. The number of rotatable bonds is 13. The first-order valence-electron chi connectivity index (χ1n) is 7.61. The second-order valence-corrected chi connectivity index (χ2v) is 5.70. The van der Waals surface area contributed by atoms with E-state index >= 15 is 0 Å². The molecule has 0 aliphatic carbocycles. The summed E-state index contributed by atoms with van der Waals surface area (Å²) in [4.78, 5) is 47.4. The minimum absolute atomic E-state index is 0.191. The molecule has 0 spiro atoms. The van der Waals surface area contributed by atoms with E-state index in [1.807, 2.05) is 0 Å². The number of nitrogens with two attached hydrogens (primary N) is 4. The average Bonchev–Trinajstić information content (AvgIpc) is 2.53. The summed E-state index contributed by atoms with van der Waals surface area (Å²) in [6.45, 7) is 0.514. The zero-order valence-electron chi connectivity index (χ0n) is 13.5. The third kappa shape index (κ3) is 5.06. The molecule has 0 aromatic rings. The van der Waals surface area contributed by atoms with Crippen molar-refractivity contribution in [1.82, 2.24) is 0 Å². The monoisotopic (exact) mass is 346 g/mol. The van der Waals surface area contributed by atoms with Gasteiger partial charge < -0.3 is 33.1 Å². The molecule has 0 aliphatic heterocycles. The Morgan fingerprint density at radius 2 is 0.958 bits per heavy atom. The molecule has 0 saturated carbocycles. The van der Waals surface area contributed by atoms with Gasteiger partial charge in [0.25, 0.3) is 0 Å². The van der Waals surface area contributed by atoms with Crippen LogP contribution in [0, 0.1) is 0 Å². The van der Waals surface area contributed by atoms with E-state index in [2.05, 4.69) is 0 Å². The van der Waals surface area contributed by atoms with Gasteiger partial charge in [-0.3, -0.25) is 9.59 Å². The van der Waals surface area contributed by atoms with Crippen LogP contribution in [0.5, 0.6) is 0 Å². The maximum Gasteiger partial charge on any atom is 0.331 e. The first-order chi connectivity index (χ1) is 11.1. The molecule has 0 rings (SSSR count). The third-order valence-corrected chi connectivity index (χ3v) is 3.83. The van der Waals surface area contributed by atoms with Gasteiger partial charge in [0.2, 0.25) is 11.6 Å². The summed E-state index contributed by atoms with van der Waals surface area (Å²) >= 11 is 0. The van der Waals surface area contributed by atoms with Gasteiger partial charge in [0.1, 0.15) is 0 Å². The molecular weight excluding hydrogens is 320 g/mol. The highest BCUT2D eigenvalue weighted by Crippen LogP contribution is 2.20. The highest BCUT2D eigenvalue weighted by molar-refractivity contribution is 6.50. The van der Waals surface area contributed by atoms with Crippen LogP contribution in [0.4, 0.5) is 0 Å². The number of carbonyl (C=O) groups excluding carboxylic acids is 2. The fraction of sp³-hybridized carbons (Fsp3) is 0.714. The van der Waals surface area contributed by atoms with Crippen molar-refractivity contribution in [2.75, 3.05) is 13.1 Å². The van der Waals surface area contributed by atoms with Crippen LogP contribution in [0.2, 0.25) is 0 Å². The van der Waals surface area contributed by atoms with Crippen LogP contribution in [0.15, 0.2) is 0 Å². The van der Waals surface area contributed by atoms with Gasteiger partial charge in [0.05, 0.1) is 0 Å². The Kier molecular flexibility index (Phi) is 8.69. The molecule has 0 bridgehead atoms. The Hall–Kier alpha value is -1.88. The molecule has 138 valence electrons. The number of carboxylic acids is 2. The minimum atomic E-state index is -2.53. The molecule has 0 heterocycles. The molecule has 0 radical (unpaired) electrons. The first-order valence-corrected chi connectivity index (χ1v) is 7.61. The molecule has 0 aromatic heterocycles. The Balaban J connectivity index is 5.47. The Morgan fingerprint density at radius 3 is 1.17 bits per heavy atom. The second-order valence-electron chi connectivity index (χ2n) is 5.70. The molecule has 10 heteroatoms. The molecule has 0 aromatic carbocycles. The van der Waals surface area contributed by atoms with E-state index in [-0.39, 0.29) is 38.8 Å². The highest BCUT2D eigenvalue weighted by atomic mass is 16.4. The number of hydrogen-bond acceptors (Lipinski definition) is 8. The van der Waals surface area contributed by atoms with Crippen LogP contribution in [0.3, 0.4) is 0 Å². The van der Waals surface area contributed by atoms with E-state index in [1.54, 1.807) is 0 Å². The molecule has 2 unspecified atom stereocenters. The molecule has 0 fully saturated rings. The standard InChI is InChI=1S/C14H26N4O6/c15-7-3-1-5-13(17,11(21)22)9(19)10(20)14(18,12(23)24)6-2-4-8-16/h1-8,15-18H2,(H,21,22)(H,23,24). The van der Waals surface area contributed by atoms with Gasteiger partial charge >= 0.3 is 11.9 Å². The molecule has 24 heavy (non-hydrogen) atoms. The van der Waals surface area contributed by atoms with Crippen LogP contribution in [-0.2, 0) is 19.2 Å². The minimum Gasteiger partial charge on any atom is -0.480 e. The van der Waals surface area contributed by atoms with Crippen molar-refractivity contribution >= 4 is 23.5 Å². The smallest absolute Gasteiger partial charge is 0.331 e. The normalized spacial score (nSPS) is 16.0. The Labute approximate surface area is 139 Å². The number of hydrogen-bond donors (Lipinski definition) is 6. The van der Waals surface area contributed by atoms with E-state index in [0.717, 1.165) is 0 Å². The van der Waals surface area contributed by atoms with Gasteiger partial charge in [0.15, 0.2) is 11.1 Å². The number of unbranched alkanes of at least 4 members (excludes halogenated alkanes) is 2. The summed E-state index contributed by atoms with van der Waals surface area (Å²) < 4.78 is 0. The van der Waals surface area contributed by atoms with Crippen LogP contribution in [0.25, 0.3) is 0 Å². The molecule has 0 aliphatic rings. The predicted molar refractivity (Wildman–Crippen MR) is 84.9 cm³/mol. The van der Waals surface area contributed by atoms with Gasteiger partial charge in [0, 0.05) is 0 Å². The quantitative estimate of drug-likeness (QED) is 0.122. The van der Waals surface area contributed by atoms with E-state index in [1.165, 1.54) is 0 Å². The van der Waals surface area contributed by atoms with Gasteiger partial charge in [-0.2, -0.15) is 0 Å². The van der Waals surface area contributed by atoms with Crippen molar-refractivity contribution in [1.29, 1.82) is 0 Å². The van der Waals surface area contributed by atoms with Crippen molar-refractivity contribution in [3.05, 3.63) is 0 Å². The van der Waals surface area contributed by atoms with Crippen LogP contribution in [-0.4, -0.2) is 57.9 Å². The summed E-state index contributed by atoms with van der Waals surface area (Å²) in [5.74, 6) is -6.48. The van der Waals surface area contributed by atoms with Crippen molar-refractivity contribution < 1.29 is 29.4 Å². The van der Waals surface area contributed by atoms with Gasteiger partial charge in [-0.15, -0.1) is 0 Å². The van der Waals surface area contributed by atoms with Crippen molar-refractivity contribution in [2.24, 2.45) is 22.9 Å². The summed E-state index contributed by atoms with van der Waals surface area (Å²) in [5, 5.41) is 18.5. The van der Waals surface area contributed by atoms with Crippen molar-refractivity contribution in [2.45, 2.75) is 49.6 Å². The number of carbonyl (C=O) groups is 4. The summed E-state index contributed by atoms with van der Waals surface area (Å²) in [6, 6.07) is 0. The summed E-state index contributed by atoms with van der Waals surface area (Å²) in [6.07, 6.45) is 0.491. The maximum absolute atomic E-state index is 12.3. The highest BCUT2D eigenvalue weighted by Gasteiger charge is 2.53. The molecule has 10 nitrogen and oxygen atoms in total. The van der Waals surface area contributed by atoms with E-state index < -0.39 is 34.6 Å². The first kappa shape index (κ1) is 22.1. The lowest BCUT2D eigenvalue weighted by molar-refractivity contribution is -0.158. The lowest BCUT2D eigenvalue weighted by Gasteiger charge is -2.28. The summed E-state index contributed by atoms with van der Waals surface area (Å²) in [5.41, 5.74) is 16.7. The van der Waals surface area contributed by atoms with Crippen LogP contribution in [0.1, 0.15) is 38.5 Å². The van der Waals surface area contributed by atoms with Gasteiger partial charge in [-0.1, -0.05) is 0 Å². The molecular formula is C14H26N4O6. The molecule has 0 saturated heterocycles. The molecule has 2 atom stereocenters. The van der Waals surface area contributed by atoms with Crippen molar-refractivity contribution in [3.63, 3.8) is 0 Å². The van der Waals surface area contributed by atoms with E-state index in [4.69, 9.17) is 22.9 Å². The fourth-order valence-electron chi connectivity index (χ4n) is 2.14.